The van der Waals surface area contributed by atoms with Gasteiger partial charge in [-0.15, -0.1) is 0 Å². The van der Waals surface area contributed by atoms with Gasteiger partial charge < -0.3 is 5.73 Å². The molecule has 2 nitrogen and oxygen atoms in total. The smallest absolute Gasteiger partial charge is 0.138 e. The van der Waals surface area contributed by atoms with E-state index in [2.05, 4.69) is 6.58 Å². The third kappa shape index (κ3) is 2.45. The van der Waals surface area contributed by atoms with E-state index in [9.17, 15) is 4.79 Å². The summed E-state index contributed by atoms with van der Waals surface area (Å²) in [6, 6.07) is 0. The summed E-state index contributed by atoms with van der Waals surface area (Å²) in [6.45, 7) is 5.58. The van der Waals surface area contributed by atoms with Crippen molar-refractivity contribution in [2.45, 2.75) is 44.6 Å². The fourth-order valence-corrected chi connectivity index (χ4v) is 1.60. The Kier molecular flexibility index (Phi) is 2.68. The van der Waals surface area contributed by atoms with E-state index in [1.807, 2.05) is 6.92 Å². The molecule has 0 heterocycles. The minimum atomic E-state index is -0.160. The second kappa shape index (κ2) is 3.40. The summed E-state index contributed by atoms with van der Waals surface area (Å²) in [6.07, 6.45) is 4.24. The lowest BCUT2D eigenvalue weighted by Crippen LogP contribution is -2.48. The highest BCUT2D eigenvalue weighted by Gasteiger charge is 2.34. The van der Waals surface area contributed by atoms with Gasteiger partial charge in [0.25, 0.3) is 0 Å². The summed E-state index contributed by atoms with van der Waals surface area (Å²) in [5.41, 5.74) is 6.70. The van der Waals surface area contributed by atoms with Crippen molar-refractivity contribution in [3.8, 4) is 0 Å². The Morgan fingerprint density at radius 3 is 2.50 bits per heavy atom. The molecule has 2 N–H and O–H groups in total. The number of hydrogen-bond acceptors (Lipinski definition) is 2. The Labute approximate surface area is 73.8 Å². The highest BCUT2D eigenvalue weighted by Crippen LogP contribution is 2.32. The summed E-state index contributed by atoms with van der Waals surface area (Å²) >= 11 is 0. The van der Waals surface area contributed by atoms with E-state index in [4.69, 9.17) is 5.73 Å². The van der Waals surface area contributed by atoms with Gasteiger partial charge in [0.2, 0.25) is 0 Å². The minimum absolute atomic E-state index is 0.160. The van der Waals surface area contributed by atoms with Crippen molar-refractivity contribution in [3.63, 3.8) is 0 Å². The summed E-state index contributed by atoms with van der Waals surface area (Å²) in [7, 11) is 0. The maximum Gasteiger partial charge on any atom is 0.138 e. The molecule has 0 atom stereocenters. The van der Waals surface area contributed by atoms with Crippen LogP contribution in [0.3, 0.4) is 0 Å². The first-order valence-corrected chi connectivity index (χ1v) is 4.47. The Hall–Kier alpha value is -0.630. The van der Waals surface area contributed by atoms with Crippen molar-refractivity contribution >= 4 is 5.78 Å². The molecule has 12 heavy (non-hydrogen) atoms. The van der Waals surface area contributed by atoms with Crippen LogP contribution in [0, 0.1) is 0 Å². The van der Waals surface area contributed by atoms with Crippen LogP contribution in [0.25, 0.3) is 0 Å². The van der Waals surface area contributed by atoms with Gasteiger partial charge in [0.1, 0.15) is 5.78 Å². The van der Waals surface area contributed by atoms with Gasteiger partial charge in [-0.3, -0.25) is 4.79 Å². The predicted molar refractivity (Wildman–Crippen MR) is 49.8 cm³/mol. The third-order valence-electron chi connectivity index (χ3n) is 2.40. The first-order valence-electron chi connectivity index (χ1n) is 4.47. The van der Waals surface area contributed by atoms with Gasteiger partial charge in [0.05, 0.1) is 0 Å². The van der Waals surface area contributed by atoms with Gasteiger partial charge in [-0.05, 0) is 26.2 Å². The first-order chi connectivity index (χ1) is 5.52. The number of ketones is 1. The summed E-state index contributed by atoms with van der Waals surface area (Å²) in [4.78, 5) is 11.3. The molecule has 1 aliphatic carbocycles. The molecule has 0 aromatic heterocycles. The molecule has 68 valence electrons. The van der Waals surface area contributed by atoms with Gasteiger partial charge in [0.15, 0.2) is 0 Å². The predicted octanol–water partition coefficient (Wildman–Crippen LogP) is 1.79. The first kappa shape index (κ1) is 9.46. The van der Waals surface area contributed by atoms with Crippen LogP contribution in [-0.2, 0) is 4.79 Å². The molecular formula is C10H17NO. The van der Waals surface area contributed by atoms with Crippen LogP contribution in [0.2, 0.25) is 0 Å². The van der Waals surface area contributed by atoms with Crippen LogP contribution in [0.4, 0.5) is 0 Å². The monoisotopic (exact) mass is 167 g/mol. The molecule has 0 spiro atoms. The average molecular weight is 167 g/mol. The molecule has 0 saturated heterocycles. The summed E-state index contributed by atoms with van der Waals surface area (Å²) < 4.78 is 0. The highest BCUT2D eigenvalue weighted by atomic mass is 16.1. The van der Waals surface area contributed by atoms with Crippen LogP contribution in [0.1, 0.15) is 39.0 Å². The van der Waals surface area contributed by atoms with Gasteiger partial charge in [-0.25, -0.2) is 0 Å². The molecule has 0 unspecified atom stereocenters. The molecule has 0 aromatic rings. The van der Waals surface area contributed by atoms with Crippen LogP contribution >= 0.6 is 0 Å². The number of rotatable bonds is 4. The molecular weight excluding hydrogens is 150 g/mol. The molecule has 0 aliphatic heterocycles. The number of carbonyl (C=O) groups excluding carboxylic acids is 1. The molecule has 1 rings (SSSR count). The second-order valence-corrected chi connectivity index (χ2v) is 4.07. The van der Waals surface area contributed by atoms with E-state index < -0.39 is 0 Å². The normalized spacial score (nSPS) is 19.8. The van der Waals surface area contributed by atoms with E-state index in [-0.39, 0.29) is 11.3 Å². The molecule has 0 bridgehead atoms. The van der Waals surface area contributed by atoms with E-state index >= 15 is 0 Å². The van der Waals surface area contributed by atoms with Crippen molar-refractivity contribution in [2.75, 3.05) is 0 Å². The number of allylic oxidation sites excluding steroid dienone is 1. The Morgan fingerprint density at radius 2 is 2.17 bits per heavy atom. The quantitative estimate of drug-likeness (QED) is 0.649. The third-order valence-corrected chi connectivity index (χ3v) is 2.40. The van der Waals surface area contributed by atoms with Crippen molar-refractivity contribution in [2.24, 2.45) is 5.73 Å². The van der Waals surface area contributed by atoms with Crippen LogP contribution in [-0.4, -0.2) is 11.3 Å². The molecule has 1 fully saturated rings. The minimum Gasteiger partial charge on any atom is -0.325 e. The maximum atomic E-state index is 11.3. The van der Waals surface area contributed by atoms with Crippen molar-refractivity contribution in [1.82, 2.24) is 0 Å². The molecule has 0 radical (unpaired) electrons. The Morgan fingerprint density at radius 1 is 1.58 bits per heavy atom. The molecule has 2 heteroatoms. The zero-order chi connectivity index (χ0) is 9.19. The molecule has 1 saturated carbocycles. The van der Waals surface area contributed by atoms with E-state index in [0.717, 1.165) is 18.4 Å². The SMILES string of the molecule is C=C(C)CC(=O)CC1(N)CCC1. The molecule has 0 amide bonds. The Balaban J connectivity index is 2.30. The van der Waals surface area contributed by atoms with Gasteiger partial charge in [0, 0.05) is 18.4 Å². The zero-order valence-electron chi connectivity index (χ0n) is 7.73. The van der Waals surface area contributed by atoms with Crippen LogP contribution in [0.15, 0.2) is 12.2 Å². The largest absolute Gasteiger partial charge is 0.325 e. The number of nitrogens with two attached hydrogens (primary N) is 1. The Bertz CT molecular complexity index is 204. The van der Waals surface area contributed by atoms with E-state index in [1.54, 1.807) is 0 Å². The van der Waals surface area contributed by atoms with Crippen LogP contribution < -0.4 is 5.73 Å². The highest BCUT2D eigenvalue weighted by molar-refractivity contribution is 5.81. The van der Waals surface area contributed by atoms with Gasteiger partial charge in [-0.1, -0.05) is 12.2 Å². The maximum absolute atomic E-state index is 11.3. The fourth-order valence-electron chi connectivity index (χ4n) is 1.60. The fraction of sp³-hybridized carbons (Fsp3) is 0.700. The van der Waals surface area contributed by atoms with E-state index in [0.29, 0.717) is 12.8 Å². The lowest BCUT2D eigenvalue weighted by atomic mass is 9.74. The summed E-state index contributed by atoms with van der Waals surface area (Å²) in [5, 5.41) is 0. The number of Topliss-reactive ketones (excluding diaryl/α,β-unsaturated/α-hetero) is 1. The molecule has 1 aliphatic rings. The number of hydrogen-bond donors (Lipinski definition) is 1. The average Bonchev–Trinajstić information content (AvgIpc) is 1.81. The van der Waals surface area contributed by atoms with Gasteiger partial charge in [-0.2, -0.15) is 0 Å². The van der Waals surface area contributed by atoms with Crippen molar-refractivity contribution in [3.05, 3.63) is 12.2 Å². The van der Waals surface area contributed by atoms with E-state index in [1.165, 1.54) is 6.42 Å². The zero-order valence-corrected chi connectivity index (χ0v) is 7.73. The lowest BCUT2D eigenvalue weighted by molar-refractivity contribution is -0.120. The van der Waals surface area contributed by atoms with Gasteiger partial charge >= 0.3 is 0 Å². The summed E-state index contributed by atoms with van der Waals surface area (Å²) in [5.74, 6) is 0.240. The number of carbonyl (C=O) groups is 1. The second-order valence-electron chi connectivity index (χ2n) is 4.07. The van der Waals surface area contributed by atoms with Crippen LogP contribution in [0.5, 0.6) is 0 Å². The van der Waals surface area contributed by atoms with Crippen molar-refractivity contribution in [1.29, 1.82) is 0 Å². The lowest BCUT2D eigenvalue weighted by Gasteiger charge is -2.37. The molecule has 0 aromatic carbocycles. The van der Waals surface area contributed by atoms with Crippen molar-refractivity contribution < 1.29 is 4.79 Å². The topological polar surface area (TPSA) is 43.1 Å². The standard InChI is InChI=1S/C10H17NO/c1-8(2)6-9(12)7-10(11)4-3-5-10/h1,3-7,11H2,2H3.